The molecule has 1 unspecified atom stereocenters. The van der Waals surface area contributed by atoms with Crippen LogP contribution in [0.15, 0.2) is 22.8 Å². The fourth-order valence-corrected chi connectivity index (χ4v) is 2.32. The van der Waals surface area contributed by atoms with Gasteiger partial charge in [-0.3, -0.25) is 14.5 Å². The molecular formula is C16H27N3O3. The SMILES string of the molecule is CC(NC(=O)c1ccco1)C(=O)NCCN(C(C)C)C(C)C. The number of hydrogen-bond acceptors (Lipinski definition) is 4. The minimum atomic E-state index is -0.607. The van der Waals surface area contributed by atoms with Gasteiger partial charge in [-0.25, -0.2) is 0 Å². The number of nitrogens with zero attached hydrogens (tertiary/aromatic N) is 1. The van der Waals surface area contributed by atoms with Gasteiger partial charge < -0.3 is 15.1 Å². The molecule has 0 aliphatic rings. The number of nitrogens with one attached hydrogen (secondary N) is 2. The van der Waals surface area contributed by atoms with E-state index < -0.39 is 11.9 Å². The maximum absolute atomic E-state index is 12.0. The average Bonchev–Trinajstić information content (AvgIpc) is 2.96. The molecule has 0 radical (unpaired) electrons. The van der Waals surface area contributed by atoms with Gasteiger partial charge in [0, 0.05) is 25.2 Å². The molecule has 0 saturated heterocycles. The Hall–Kier alpha value is -1.82. The summed E-state index contributed by atoms with van der Waals surface area (Å²) in [7, 11) is 0. The van der Waals surface area contributed by atoms with Crippen LogP contribution in [-0.4, -0.2) is 47.9 Å². The highest BCUT2D eigenvalue weighted by molar-refractivity contribution is 5.95. The molecule has 0 spiro atoms. The Morgan fingerprint density at radius 3 is 2.32 bits per heavy atom. The molecule has 22 heavy (non-hydrogen) atoms. The molecule has 1 aromatic heterocycles. The monoisotopic (exact) mass is 309 g/mol. The largest absolute Gasteiger partial charge is 0.459 e. The van der Waals surface area contributed by atoms with E-state index in [2.05, 4.69) is 43.2 Å². The van der Waals surface area contributed by atoms with E-state index in [1.54, 1.807) is 19.1 Å². The van der Waals surface area contributed by atoms with E-state index in [1.807, 2.05) is 0 Å². The van der Waals surface area contributed by atoms with Crippen LogP contribution in [-0.2, 0) is 4.79 Å². The predicted molar refractivity (Wildman–Crippen MR) is 85.6 cm³/mol. The number of rotatable bonds is 8. The molecule has 2 amide bonds. The van der Waals surface area contributed by atoms with Crippen molar-refractivity contribution in [3.8, 4) is 0 Å². The lowest BCUT2D eigenvalue weighted by atomic mass is 10.2. The van der Waals surface area contributed by atoms with E-state index >= 15 is 0 Å². The summed E-state index contributed by atoms with van der Waals surface area (Å²) in [6, 6.07) is 3.43. The van der Waals surface area contributed by atoms with Crippen LogP contribution in [0.3, 0.4) is 0 Å². The van der Waals surface area contributed by atoms with Crippen molar-refractivity contribution in [1.82, 2.24) is 15.5 Å². The van der Waals surface area contributed by atoms with Gasteiger partial charge in [-0.1, -0.05) is 0 Å². The summed E-state index contributed by atoms with van der Waals surface area (Å²) < 4.78 is 4.99. The summed E-state index contributed by atoms with van der Waals surface area (Å²) >= 11 is 0. The Bertz CT molecular complexity index is 461. The van der Waals surface area contributed by atoms with Crippen LogP contribution in [0.25, 0.3) is 0 Å². The normalized spacial score (nSPS) is 12.7. The lowest BCUT2D eigenvalue weighted by Gasteiger charge is -2.30. The van der Waals surface area contributed by atoms with Crippen molar-refractivity contribution in [1.29, 1.82) is 0 Å². The molecule has 124 valence electrons. The van der Waals surface area contributed by atoms with Gasteiger partial charge >= 0.3 is 0 Å². The van der Waals surface area contributed by atoms with Crippen LogP contribution in [0.1, 0.15) is 45.2 Å². The first kappa shape index (κ1) is 18.2. The van der Waals surface area contributed by atoms with Crippen molar-refractivity contribution in [3.63, 3.8) is 0 Å². The topological polar surface area (TPSA) is 74.6 Å². The molecule has 0 aromatic carbocycles. The van der Waals surface area contributed by atoms with Crippen LogP contribution in [0.5, 0.6) is 0 Å². The molecule has 0 aliphatic heterocycles. The second kappa shape index (κ2) is 8.58. The number of carbonyl (C=O) groups excluding carboxylic acids is 2. The molecule has 2 N–H and O–H groups in total. The second-order valence-corrected chi connectivity index (χ2v) is 5.89. The Balaban J connectivity index is 2.37. The standard InChI is InChI=1S/C16H27N3O3/c1-11(2)19(12(3)4)9-8-17-15(20)13(5)18-16(21)14-7-6-10-22-14/h6-7,10-13H,8-9H2,1-5H3,(H,17,20)(H,18,21). The minimum Gasteiger partial charge on any atom is -0.459 e. The van der Waals surface area contributed by atoms with Gasteiger partial charge in [0.1, 0.15) is 6.04 Å². The zero-order chi connectivity index (χ0) is 16.7. The molecule has 0 fully saturated rings. The van der Waals surface area contributed by atoms with E-state index in [0.717, 1.165) is 6.54 Å². The summed E-state index contributed by atoms with van der Waals surface area (Å²) in [6.07, 6.45) is 1.42. The van der Waals surface area contributed by atoms with Crippen molar-refractivity contribution < 1.29 is 14.0 Å². The van der Waals surface area contributed by atoms with Crippen molar-refractivity contribution in [2.45, 2.75) is 52.7 Å². The lowest BCUT2D eigenvalue weighted by Crippen LogP contribution is -2.48. The van der Waals surface area contributed by atoms with E-state index in [1.165, 1.54) is 6.26 Å². The van der Waals surface area contributed by atoms with Crippen molar-refractivity contribution in [2.24, 2.45) is 0 Å². The molecule has 1 rings (SSSR count). The molecule has 1 aromatic rings. The summed E-state index contributed by atoms with van der Waals surface area (Å²) in [4.78, 5) is 26.1. The predicted octanol–water partition coefficient (Wildman–Crippen LogP) is 1.63. The number of amides is 2. The maximum Gasteiger partial charge on any atom is 0.287 e. The quantitative estimate of drug-likeness (QED) is 0.765. The van der Waals surface area contributed by atoms with Crippen LogP contribution in [0.2, 0.25) is 0 Å². The third-order valence-electron chi connectivity index (χ3n) is 3.48. The second-order valence-electron chi connectivity index (χ2n) is 5.89. The Labute approximate surface area is 132 Å². The molecule has 0 saturated carbocycles. The van der Waals surface area contributed by atoms with Gasteiger partial charge in [-0.15, -0.1) is 0 Å². The minimum absolute atomic E-state index is 0.199. The smallest absolute Gasteiger partial charge is 0.287 e. The molecule has 1 heterocycles. The Morgan fingerprint density at radius 1 is 1.18 bits per heavy atom. The van der Waals surface area contributed by atoms with Crippen molar-refractivity contribution in [2.75, 3.05) is 13.1 Å². The third-order valence-corrected chi connectivity index (χ3v) is 3.48. The molecule has 6 heteroatoms. The van der Waals surface area contributed by atoms with Gasteiger partial charge in [0.05, 0.1) is 6.26 Å². The van der Waals surface area contributed by atoms with Crippen LogP contribution < -0.4 is 10.6 Å². The molecule has 0 bridgehead atoms. The highest BCUT2D eigenvalue weighted by Crippen LogP contribution is 2.03. The number of carbonyl (C=O) groups is 2. The lowest BCUT2D eigenvalue weighted by molar-refractivity contribution is -0.122. The first-order chi connectivity index (χ1) is 10.3. The van der Waals surface area contributed by atoms with Crippen LogP contribution in [0, 0.1) is 0 Å². The highest BCUT2D eigenvalue weighted by Gasteiger charge is 2.18. The Kier molecular flexibility index (Phi) is 7.11. The van der Waals surface area contributed by atoms with Gasteiger partial charge in [0.2, 0.25) is 5.91 Å². The molecule has 0 aliphatic carbocycles. The Morgan fingerprint density at radius 2 is 1.82 bits per heavy atom. The van der Waals surface area contributed by atoms with Gasteiger partial charge in [0.15, 0.2) is 5.76 Å². The van der Waals surface area contributed by atoms with Gasteiger partial charge in [-0.2, -0.15) is 0 Å². The number of hydrogen-bond donors (Lipinski definition) is 2. The number of furan rings is 1. The first-order valence-electron chi connectivity index (χ1n) is 7.70. The zero-order valence-corrected chi connectivity index (χ0v) is 14.1. The zero-order valence-electron chi connectivity index (χ0n) is 14.1. The summed E-state index contributed by atoms with van der Waals surface area (Å²) in [5.41, 5.74) is 0. The van der Waals surface area contributed by atoms with Crippen molar-refractivity contribution >= 4 is 11.8 Å². The van der Waals surface area contributed by atoms with Crippen molar-refractivity contribution in [3.05, 3.63) is 24.2 Å². The first-order valence-corrected chi connectivity index (χ1v) is 7.70. The molecular weight excluding hydrogens is 282 g/mol. The van der Waals surface area contributed by atoms with E-state index in [-0.39, 0.29) is 11.7 Å². The van der Waals surface area contributed by atoms with Gasteiger partial charge in [-0.05, 0) is 46.8 Å². The van der Waals surface area contributed by atoms with E-state index in [4.69, 9.17) is 4.42 Å². The van der Waals surface area contributed by atoms with Crippen LogP contribution in [0.4, 0.5) is 0 Å². The maximum atomic E-state index is 12.0. The summed E-state index contributed by atoms with van der Waals surface area (Å²) in [6.45, 7) is 11.5. The third kappa shape index (κ3) is 5.52. The van der Waals surface area contributed by atoms with E-state index in [0.29, 0.717) is 18.6 Å². The molecule has 1 atom stereocenters. The highest BCUT2D eigenvalue weighted by atomic mass is 16.3. The fraction of sp³-hybridized carbons (Fsp3) is 0.625. The molecule has 6 nitrogen and oxygen atoms in total. The van der Waals surface area contributed by atoms with Crippen LogP contribution >= 0.6 is 0 Å². The summed E-state index contributed by atoms with van der Waals surface area (Å²) in [5, 5.41) is 5.45. The summed E-state index contributed by atoms with van der Waals surface area (Å²) in [5.74, 6) is -0.392. The average molecular weight is 309 g/mol. The van der Waals surface area contributed by atoms with E-state index in [9.17, 15) is 9.59 Å². The van der Waals surface area contributed by atoms with Gasteiger partial charge in [0.25, 0.3) is 5.91 Å². The fourth-order valence-electron chi connectivity index (χ4n) is 2.32.